The van der Waals surface area contributed by atoms with Crippen LogP contribution < -0.4 is 0 Å². The van der Waals surface area contributed by atoms with E-state index in [1.807, 2.05) is 0 Å². The minimum absolute atomic E-state index is 0.383. The molecule has 4 bridgehead atoms. The molecule has 3 saturated heterocycles. The fraction of sp³-hybridized carbons (Fsp3) is 0.889. The van der Waals surface area contributed by atoms with Crippen molar-refractivity contribution in [3.05, 3.63) is 0 Å². The fourth-order valence-electron chi connectivity index (χ4n) is 3.36. The van der Waals surface area contributed by atoms with Crippen LogP contribution >= 0.6 is 0 Å². The van der Waals surface area contributed by atoms with Crippen LogP contribution in [0.1, 0.15) is 12.8 Å². The molecule has 0 amide bonds. The van der Waals surface area contributed by atoms with E-state index in [0.717, 1.165) is 11.8 Å². The number of nitriles is 1. The van der Waals surface area contributed by atoms with Crippen molar-refractivity contribution >= 4 is 0 Å². The van der Waals surface area contributed by atoms with Gasteiger partial charge in [-0.3, -0.25) is 4.90 Å². The SMILES string of the molecule is N#C[C@@H]1[C@H]2C[C@H]3C[C@@H]1N(C3)C2. The molecule has 4 fully saturated rings. The second kappa shape index (κ2) is 1.78. The summed E-state index contributed by atoms with van der Waals surface area (Å²) in [6.45, 7) is 2.51. The standard InChI is InChI=1S/C9H12N2/c10-3-8-7-1-6-2-9(8)11(4-6)5-7/h6-9H,1-2,4-5H2/t6-,7-,8+,9-/m0/s1. The first-order valence-electron chi connectivity index (χ1n) is 4.52. The quantitative estimate of drug-likeness (QED) is 0.509. The average molecular weight is 148 g/mol. The second-order valence-corrected chi connectivity index (χ2v) is 4.27. The molecule has 3 aliphatic heterocycles. The van der Waals surface area contributed by atoms with Crippen LogP contribution in [-0.2, 0) is 0 Å². The zero-order valence-electron chi connectivity index (χ0n) is 6.53. The molecule has 0 aromatic carbocycles. The zero-order chi connectivity index (χ0) is 7.42. The smallest absolute Gasteiger partial charge is 0.0675 e. The predicted octanol–water partition coefficient (Wildman–Crippen LogP) is 0.850. The Morgan fingerprint density at radius 3 is 2.91 bits per heavy atom. The van der Waals surface area contributed by atoms with Crippen molar-refractivity contribution in [1.82, 2.24) is 4.90 Å². The number of piperidine rings is 1. The van der Waals surface area contributed by atoms with Gasteiger partial charge in [0.2, 0.25) is 0 Å². The molecule has 1 saturated carbocycles. The molecule has 0 aromatic heterocycles. The molecule has 1 unspecified atom stereocenters. The molecule has 5 atom stereocenters. The van der Waals surface area contributed by atoms with Crippen LogP contribution in [0.4, 0.5) is 0 Å². The van der Waals surface area contributed by atoms with E-state index in [4.69, 9.17) is 5.26 Å². The molecule has 4 aliphatic rings. The van der Waals surface area contributed by atoms with Crippen LogP contribution in [0.5, 0.6) is 0 Å². The minimum Gasteiger partial charge on any atom is -0.298 e. The highest BCUT2D eigenvalue weighted by molar-refractivity contribution is 5.11. The third kappa shape index (κ3) is 0.605. The third-order valence-electron chi connectivity index (χ3n) is 3.71. The van der Waals surface area contributed by atoms with E-state index in [1.54, 1.807) is 0 Å². The van der Waals surface area contributed by atoms with Gasteiger partial charge in [-0.2, -0.15) is 5.26 Å². The van der Waals surface area contributed by atoms with E-state index in [9.17, 15) is 0 Å². The van der Waals surface area contributed by atoms with Gasteiger partial charge in [-0.15, -0.1) is 0 Å². The number of hydrogen-bond acceptors (Lipinski definition) is 2. The van der Waals surface area contributed by atoms with Crippen LogP contribution in [0.3, 0.4) is 0 Å². The molecule has 0 radical (unpaired) electrons. The van der Waals surface area contributed by atoms with Crippen molar-refractivity contribution in [2.45, 2.75) is 18.9 Å². The van der Waals surface area contributed by atoms with Gasteiger partial charge in [-0.25, -0.2) is 0 Å². The summed E-state index contributed by atoms with van der Waals surface area (Å²) in [5, 5.41) is 8.93. The summed E-state index contributed by atoms with van der Waals surface area (Å²) in [4.78, 5) is 2.53. The minimum atomic E-state index is 0.383. The van der Waals surface area contributed by atoms with Gasteiger partial charge in [0, 0.05) is 19.1 Å². The summed E-state index contributed by atoms with van der Waals surface area (Å²) in [7, 11) is 0. The van der Waals surface area contributed by atoms with Crippen molar-refractivity contribution in [2.24, 2.45) is 17.8 Å². The Morgan fingerprint density at radius 2 is 2.18 bits per heavy atom. The number of nitrogens with zero attached hydrogens (tertiary/aromatic N) is 2. The Hall–Kier alpha value is -0.550. The van der Waals surface area contributed by atoms with Gasteiger partial charge in [0.25, 0.3) is 0 Å². The first kappa shape index (κ1) is 6.02. The van der Waals surface area contributed by atoms with Gasteiger partial charge in [0.05, 0.1) is 12.0 Å². The molecule has 0 aromatic rings. The molecule has 2 heteroatoms. The van der Waals surface area contributed by atoms with Crippen LogP contribution in [0.2, 0.25) is 0 Å². The highest BCUT2D eigenvalue weighted by Gasteiger charge is 2.52. The summed E-state index contributed by atoms with van der Waals surface area (Å²) in [6, 6.07) is 3.14. The summed E-state index contributed by atoms with van der Waals surface area (Å²) < 4.78 is 0. The van der Waals surface area contributed by atoms with Gasteiger partial charge >= 0.3 is 0 Å². The third-order valence-corrected chi connectivity index (χ3v) is 3.71. The summed E-state index contributed by atoms with van der Waals surface area (Å²) in [5.41, 5.74) is 0. The van der Waals surface area contributed by atoms with E-state index in [2.05, 4.69) is 11.0 Å². The van der Waals surface area contributed by atoms with Crippen molar-refractivity contribution in [3.63, 3.8) is 0 Å². The molecule has 1 aliphatic carbocycles. The van der Waals surface area contributed by atoms with Gasteiger partial charge in [0.15, 0.2) is 0 Å². The van der Waals surface area contributed by atoms with Gasteiger partial charge < -0.3 is 0 Å². The Labute approximate surface area is 66.8 Å². The number of hydrogen-bond donors (Lipinski definition) is 0. The van der Waals surface area contributed by atoms with Crippen LogP contribution in [-0.4, -0.2) is 24.0 Å². The Bertz CT molecular complexity index is 226. The molecule has 3 heterocycles. The molecule has 4 rings (SSSR count). The molecule has 0 N–H and O–H groups in total. The van der Waals surface area contributed by atoms with E-state index in [0.29, 0.717) is 12.0 Å². The maximum absolute atomic E-state index is 8.93. The van der Waals surface area contributed by atoms with Gasteiger partial charge in [0.1, 0.15) is 0 Å². The maximum atomic E-state index is 8.93. The molecular weight excluding hydrogens is 136 g/mol. The maximum Gasteiger partial charge on any atom is 0.0675 e. The lowest BCUT2D eigenvalue weighted by molar-refractivity contribution is 0.252. The lowest BCUT2D eigenvalue weighted by Crippen LogP contribution is -2.27. The van der Waals surface area contributed by atoms with Crippen molar-refractivity contribution < 1.29 is 0 Å². The normalized spacial score (nSPS) is 58.3. The molecule has 2 nitrogen and oxygen atoms in total. The van der Waals surface area contributed by atoms with Gasteiger partial charge in [-0.05, 0) is 24.7 Å². The topological polar surface area (TPSA) is 27.0 Å². The summed E-state index contributed by atoms with van der Waals surface area (Å²) in [5.74, 6) is 2.06. The first-order valence-corrected chi connectivity index (χ1v) is 4.52. The summed E-state index contributed by atoms with van der Waals surface area (Å²) in [6.07, 6.45) is 2.65. The molecular formula is C9H12N2. The molecule has 11 heavy (non-hydrogen) atoms. The largest absolute Gasteiger partial charge is 0.298 e. The predicted molar refractivity (Wildman–Crippen MR) is 40.7 cm³/mol. The Morgan fingerprint density at radius 1 is 1.27 bits per heavy atom. The van der Waals surface area contributed by atoms with Crippen LogP contribution in [0, 0.1) is 29.1 Å². The lowest BCUT2D eigenvalue weighted by atomic mass is 9.76. The summed E-state index contributed by atoms with van der Waals surface area (Å²) >= 11 is 0. The number of rotatable bonds is 0. The van der Waals surface area contributed by atoms with Gasteiger partial charge in [-0.1, -0.05) is 0 Å². The monoisotopic (exact) mass is 148 g/mol. The lowest BCUT2D eigenvalue weighted by Gasteiger charge is -2.26. The molecule has 0 spiro atoms. The second-order valence-electron chi connectivity index (χ2n) is 4.27. The van der Waals surface area contributed by atoms with E-state index in [-0.39, 0.29) is 0 Å². The Kier molecular flexibility index (Phi) is 0.976. The van der Waals surface area contributed by atoms with Crippen LogP contribution in [0.25, 0.3) is 0 Å². The average Bonchev–Trinajstić information content (AvgIpc) is 2.40. The van der Waals surface area contributed by atoms with Crippen molar-refractivity contribution in [3.8, 4) is 6.07 Å². The van der Waals surface area contributed by atoms with Crippen molar-refractivity contribution in [2.75, 3.05) is 13.1 Å². The van der Waals surface area contributed by atoms with Crippen LogP contribution in [0.15, 0.2) is 0 Å². The van der Waals surface area contributed by atoms with E-state index in [1.165, 1.54) is 25.9 Å². The zero-order valence-corrected chi connectivity index (χ0v) is 6.53. The first-order chi connectivity index (χ1) is 5.38. The highest BCUT2D eigenvalue weighted by Crippen LogP contribution is 2.48. The fourth-order valence-corrected chi connectivity index (χ4v) is 3.36. The van der Waals surface area contributed by atoms with E-state index < -0.39 is 0 Å². The Balaban J connectivity index is 1.98. The highest BCUT2D eigenvalue weighted by atomic mass is 15.2. The van der Waals surface area contributed by atoms with Crippen molar-refractivity contribution in [1.29, 1.82) is 5.26 Å². The van der Waals surface area contributed by atoms with E-state index >= 15 is 0 Å². The molecule has 58 valence electrons.